The average Bonchev–Trinajstić information content (AvgIpc) is 3.68. The average molecular weight is 727 g/mol. The Morgan fingerprint density at radius 2 is 0.842 bits per heavy atom. The molecule has 266 valence electrons. The van der Waals surface area contributed by atoms with Crippen LogP contribution in [0.25, 0.3) is 111 Å². The van der Waals surface area contributed by atoms with Gasteiger partial charge in [0, 0.05) is 33.0 Å². The maximum atomic E-state index is 6.63. The van der Waals surface area contributed by atoms with Crippen molar-refractivity contribution in [2.45, 2.75) is 0 Å². The number of para-hydroxylation sites is 2. The third-order valence-corrected chi connectivity index (χ3v) is 11.1. The van der Waals surface area contributed by atoms with Gasteiger partial charge in [0.1, 0.15) is 11.2 Å². The molecule has 3 heteroatoms. The molecule has 0 saturated carbocycles. The SMILES string of the molecule is c1ccc(-c2cc(-c3cc(-c4ccccc4-c4ccc5ccc6ccccc6c5c4)cc(-c4cccc5c4oc4ccccc45)c3)nc(-c3ccccc3)n2)cc1. The van der Waals surface area contributed by atoms with Gasteiger partial charge in [-0.3, -0.25) is 0 Å². The van der Waals surface area contributed by atoms with Crippen molar-refractivity contribution in [3.63, 3.8) is 0 Å². The Morgan fingerprint density at radius 3 is 1.63 bits per heavy atom. The molecule has 0 saturated heterocycles. The fraction of sp³-hybridized carbons (Fsp3) is 0. The second-order valence-electron chi connectivity index (χ2n) is 14.5. The monoisotopic (exact) mass is 726 g/mol. The van der Waals surface area contributed by atoms with E-state index in [2.05, 4.69) is 170 Å². The van der Waals surface area contributed by atoms with Gasteiger partial charge in [0.25, 0.3) is 0 Å². The Morgan fingerprint density at radius 1 is 0.298 bits per heavy atom. The van der Waals surface area contributed by atoms with E-state index < -0.39 is 0 Å². The van der Waals surface area contributed by atoms with Crippen LogP contribution in [-0.4, -0.2) is 9.97 Å². The van der Waals surface area contributed by atoms with E-state index in [4.69, 9.17) is 14.4 Å². The molecule has 0 amide bonds. The lowest BCUT2D eigenvalue weighted by Crippen LogP contribution is -1.97. The van der Waals surface area contributed by atoms with Gasteiger partial charge in [0.2, 0.25) is 0 Å². The zero-order valence-corrected chi connectivity index (χ0v) is 30.9. The van der Waals surface area contributed by atoms with Gasteiger partial charge in [-0.25, -0.2) is 9.97 Å². The number of fused-ring (bicyclic) bond motifs is 6. The van der Waals surface area contributed by atoms with Crippen LogP contribution in [0.5, 0.6) is 0 Å². The smallest absolute Gasteiger partial charge is 0.160 e. The third kappa shape index (κ3) is 5.85. The highest BCUT2D eigenvalue weighted by atomic mass is 16.3. The molecule has 0 unspecified atom stereocenters. The van der Waals surface area contributed by atoms with Gasteiger partial charge in [0.15, 0.2) is 5.82 Å². The second-order valence-corrected chi connectivity index (χ2v) is 14.5. The van der Waals surface area contributed by atoms with E-state index in [0.717, 1.165) is 77.8 Å². The summed E-state index contributed by atoms with van der Waals surface area (Å²) >= 11 is 0. The van der Waals surface area contributed by atoms with Crippen LogP contribution in [0.15, 0.2) is 211 Å². The standard InChI is InChI=1S/C54H34N2O/c1-3-15-37(16-4-1)50-34-51(56-54(55-50)38-17-5-2-6-18-38)42-31-40(30-41(32-42)46-23-13-24-48-47-22-11-12-25-52(47)57-53(46)48)45-21-10-9-20-44(45)39-29-28-36-27-26-35-14-7-8-19-43(35)49(36)33-39/h1-34H. The lowest BCUT2D eigenvalue weighted by atomic mass is 9.89. The van der Waals surface area contributed by atoms with E-state index in [-0.39, 0.29) is 0 Å². The van der Waals surface area contributed by atoms with Crippen LogP contribution in [0.2, 0.25) is 0 Å². The maximum Gasteiger partial charge on any atom is 0.160 e. The summed E-state index contributed by atoms with van der Waals surface area (Å²) in [5, 5.41) is 7.17. The minimum atomic E-state index is 0.682. The van der Waals surface area contributed by atoms with E-state index >= 15 is 0 Å². The van der Waals surface area contributed by atoms with E-state index in [1.54, 1.807) is 0 Å². The van der Waals surface area contributed by atoms with Gasteiger partial charge < -0.3 is 4.42 Å². The molecule has 0 atom stereocenters. The molecule has 0 bridgehead atoms. The molecule has 0 aliphatic heterocycles. The highest BCUT2D eigenvalue weighted by Gasteiger charge is 2.18. The van der Waals surface area contributed by atoms with Crippen molar-refractivity contribution in [2.75, 3.05) is 0 Å². The van der Waals surface area contributed by atoms with Crippen LogP contribution in [0, 0.1) is 0 Å². The summed E-state index contributed by atoms with van der Waals surface area (Å²) in [5.41, 5.74) is 13.1. The number of hydrogen-bond donors (Lipinski definition) is 0. The number of furan rings is 1. The van der Waals surface area contributed by atoms with Crippen molar-refractivity contribution in [1.82, 2.24) is 9.97 Å². The summed E-state index contributed by atoms with van der Waals surface area (Å²) in [4.78, 5) is 10.4. The molecule has 11 aromatic rings. The van der Waals surface area contributed by atoms with Crippen molar-refractivity contribution in [3.05, 3.63) is 206 Å². The van der Waals surface area contributed by atoms with Gasteiger partial charge >= 0.3 is 0 Å². The van der Waals surface area contributed by atoms with Crippen LogP contribution < -0.4 is 0 Å². The normalized spacial score (nSPS) is 11.5. The molecule has 0 aliphatic rings. The lowest BCUT2D eigenvalue weighted by Gasteiger charge is -2.16. The number of nitrogens with zero attached hydrogens (tertiary/aromatic N) is 2. The molecule has 57 heavy (non-hydrogen) atoms. The van der Waals surface area contributed by atoms with Crippen molar-refractivity contribution < 1.29 is 4.42 Å². The topological polar surface area (TPSA) is 38.9 Å². The third-order valence-electron chi connectivity index (χ3n) is 11.1. The van der Waals surface area contributed by atoms with Gasteiger partial charge in [-0.15, -0.1) is 0 Å². The number of hydrogen-bond acceptors (Lipinski definition) is 3. The lowest BCUT2D eigenvalue weighted by molar-refractivity contribution is 0.670. The highest BCUT2D eigenvalue weighted by molar-refractivity contribution is 6.11. The van der Waals surface area contributed by atoms with Crippen molar-refractivity contribution in [3.8, 4) is 67.3 Å². The molecule has 2 aromatic heterocycles. The van der Waals surface area contributed by atoms with E-state index in [0.29, 0.717) is 5.82 Å². The number of aromatic nitrogens is 2. The quantitative estimate of drug-likeness (QED) is 0.160. The molecule has 0 aliphatic carbocycles. The summed E-state index contributed by atoms with van der Waals surface area (Å²) in [6.45, 7) is 0. The molecule has 11 rings (SSSR count). The fourth-order valence-corrected chi connectivity index (χ4v) is 8.29. The maximum absolute atomic E-state index is 6.63. The first-order valence-electron chi connectivity index (χ1n) is 19.3. The zero-order chi connectivity index (χ0) is 37.7. The Hall–Kier alpha value is -7.62. The zero-order valence-electron chi connectivity index (χ0n) is 30.9. The van der Waals surface area contributed by atoms with E-state index in [1.165, 1.54) is 27.1 Å². The number of benzene rings is 9. The summed E-state index contributed by atoms with van der Waals surface area (Å²) < 4.78 is 6.63. The number of rotatable bonds is 6. The first-order chi connectivity index (χ1) is 28.2. The molecular formula is C54H34N2O. The van der Waals surface area contributed by atoms with Crippen molar-refractivity contribution in [2.24, 2.45) is 0 Å². The summed E-state index contributed by atoms with van der Waals surface area (Å²) in [6, 6.07) is 72.9. The minimum Gasteiger partial charge on any atom is -0.455 e. The Labute approximate surface area is 330 Å². The van der Waals surface area contributed by atoms with Gasteiger partial charge in [-0.1, -0.05) is 170 Å². The van der Waals surface area contributed by atoms with Crippen molar-refractivity contribution >= 4 is 43.5 Å². The Bertz CT molecular complexity index is 3230. The predicted octanol–water partition coefficient (Wildman–Crippen LogP) is 14.7. The van der Waals surface area contributed by atoms with Crippen LogP contribution in [0.1, 0.15) is 0 Å². The molecule has 3 nitrogen and oxygen atoms in total. The largest absolute Gasteiger partial charge is 0.455 e. The van der Waals surface area contributed by atoms with Crippen LogP contribution in [0.4, 0.5) is 0 Å². The predicted molar refractivity (Wildman–Crippen MR) is 237 cm³/mol. The molecule has 9 aromatic carbocycles. The molecule has 0 spiro atoms. The van der Waals surface area contributed by atoms with Gasteiger partial charge in [0.05, 0.1) is 11.4 Å². The fourth-order valence-electron chi connectivity index (χ4n) is 8.29. The summed E-state index contributed by atoms with van der Waals surface area (Å²) in [5.74, 6) is 0.682. The van der Waals surface area contributed by atoms with Crippen LogP contribution in [-0.2, 0) is 0 Å². The first kappa shape index (κ1) is 32.8. The Balaban J connectivity index is 1.17. The van der Waals surface area contributed by atoms with Crippen LogP contribution in [0.3, 0.4) is 0 Å². The van der Waals surface area contributed by atoms with Crippen LogP contribution >= 0.6 is 0 Å². The Kier molecular flexibility index (Phi) is 7.82. The molecule has 0 fully saturated rings. The van der Waals surface area contributed by atoms with Gasteiger partial charge in [-0.2, -0.15) is 0 Å². The second kappa shape index (κ2) is 13.6. The van der Waals surface area contributed by atoms with Gasteiger partial charge in [-0.05, 0) is 85.8 Å². The molecule has 0 radical (unpaired) electrons. The summed E-state index contributed by atoms with van der Waals surface area (Å²) in [6.07, 6.45) is 0. The first-order valence-corrected chi connectivity index (χ1v) is 19.3. The van der Waals surface area contributed by atoms with E-state index in [1.807, 2.05) is 36.4 Å². The summed E-state index contributed by atoms with van der Waals surface area (Å²) in [7, 11) is 0. The highest BCUT2D eigenvalue weighted by Crippen LogP contribution is 2.42. The molecular weight excluding hydrogens is 693 g/mol. The van der Waals surface area contributed by atoms with E-state index in [9.17, 15) is 0 Å². The minimum absolute atomic E-state index is 0.682. The molecule has 2 heterocycles. The molecule has 0 N–H and O–H groups in total. The van der Waals surface area contributed by atoms with Crippen molar-refractivity contribution in [1.29, 1.82) is 0 Å².